The van der Waals surface area contributed by atoms with Gasteiger partial charge in [-0.3, -0.25) is 4.79 Å². The van der Waals surface area contributed by atoms with Gasteiger partial charge < -0.3 is 9.30 Å². The highest BCUT2D eigenvalue weighted by atomic mass is 16.5. The molecule has 0 saturated carbocycles. The second kappa shape index (κ2) is 4.95. The van der Waals surface area contributed by atoms with Gasteiger partial charge in [0.05, 0.1) is 29.7 Å². The largest absolute Gasteiger partial charge is 0.374 e. The van der Waals surface area contributed by atoms with E-state index in [1.54, 1.807) is 0 Å². The highest BCUT2D eigenvalue weighted by Crippen LogP contribution is 2.39. The summed E-state index contributed by atoms with van der Waals surface area (Å²) in [4.78, 5) is 17.3. The van der Waals surface area contributed by atoms with Gasteiger partial charge in [-0.25, -0.2) is 4.98 Å². The molecule has 1 aromatic carbocycles. The molecule has 2 aliphatic heterocycles. The zero-order chi connectivity index (χ0) is 14.4. The minimum absolute atomic E-state index is 0.0915. The molecule has 1 aromatic heterocycles. The lowest BCUT2D eigenvalue weighted by Gasteiger charge is -2.17. The van der Waals surface area contributed by atoms with Crippen LogP contribution in [0.1, 0.15) is 32.0 Å². The summed E-state index contributed by atoms with van der Waals surface area (Å²) in [6.07, 6.45) is 4.01. The quantitative estimate of drug-likeness (QED) is 0.867. The van der Waals surface area contributed by atoms with Crippen LogP contribution in [-0.2, 0) is 22.5 Å². The van der Waals surface area contributed by atoms with Gasteiger partial charge in [0.25, 0.3) is 0 Å². The number of carbonyl (C=O) groups is 1. The molecule has 0 radical (unpaired) electrons. The van der Waals surface area contributed by atoms with Crippen molar-refractivity contribution in [2.75, 3.05) is 0 Å². The molecule has 2 saturated heterocycles. The highest BCUT2D eigenvalue weighted by molar-refractivity contribution is 5.85. The maximum absolute atomic E-state index is 12.6. The van der Waals surface area contributed by atoms with Crippen molar-refractivity contribution in [1.29, 1.82) is 0 Å². The van der Waals surface area contributed by atoms with E-state index >= 15 is 0 Å². The molecule has 110 valence electrons. The number of ketones is 1. The standard InChI is InChI=1S/C17H20N2O2/c1-2-19-14-6-4-3-5-13(14)18-17(19)10-15(20)12-9-11-7-8-16(12)21-11/h3-6,11-12,16H,2,7-10H2,1H3. The Hall–Kier alpha value is -1.68. The summed E-state index contributed by atoms with van der Waals surface area (Å²) in [5, 5.41) is 0. The normalized spacial score (nSPS) is 27.6. The smallest absolute Gasteiger partial charge is 0.146 e. The summed E-state index contributed by atoms with van der Waals surface area (Å²) in [7, 11) is 0. The molecule has 3 atom stereocenters. The number of hydrogen-bond donors (Lipinski definition) is 0. The lowest BCUT2D eigenvalue weighted by atomic mass is 9.85. The van der Waals surface area contributed by atoms with Gasteiger partial charge in [0, 0.05) is 12.5 Å². The third kappa shape index (κ3) is 2.09. The minimum atomic E-state index is 0.0915. The van der Waals surface area contributed by atoms with Crippen molar-refractivity contribution in [3.05, 3.63) is 30.1 Å². The highest BCUT2D eigenvalue weighted by Gasteiger charge is 2.44. The first kappa shape index (κ1) is 13.0. The number of aromatic nitrogens is 2. The Morgan fingerprint density at radius 3 is 2.95 bits per heavy atom. The van der Waals surface area contributed by atoms with Crippen molar-refractivity contribution >= 4 is 16.8 Å². The molecule has 0 spiro atoms. The SMILES string of the molecule is CCn1c(CC(=O)C2CC3CCC2O3)nc2ccccc21. The number of imidazole rings is 1. The lowest BCUT2D eigenvalue weighted by Crippen LogP contribution is -2.27. The Kier molecular flexibility index (Phi) is 3.07. The molecule has 0 aliphatic carbocycles. The fourth-order valence-corrected chi connectivity index (χ4v) is 3.88. The van der Waals surface area contributed by atoms with Crippen molar-refractivity contribution in [3.63, 3.8) is 0 Å². The second-order valence-electron chi connectivity index (χ2n) is 6.12. The fraction of sp³-hybridized carbons (Fsp3) is 0.529. The predicted molar refractivity (Wildman–Crippen MR) is 80.1 cm³/mol. The summed E-state index contributed by atoms with van der Waals surface area (Å²) < 4.78 is 7.97. The molecule has 3 heterocycles. The number of ether oxygens (including phenoxy) is 1. The molecular weight excluding hydrogens is 264 g/mol. The van der Waals surface area contributed by atoms with Gasteiger partial charge in [-0.15, -0.1) is 0 Å². The molecule has 4 rings (SSSR count). The van der Waals surface area contributed by atoms with E-state index in [-0.39, 0.29) is 12.0 Å². The molecule has 21 heavy (non-hydrogen) atoms. The molecular formula is C17H20N2O2. The number of nitrogens with zero attached hydrogens (tertiary/aromatic N) is 2. The number of Topliss-reactive ketones (excluding diaryl/α,β-unsaturated/α-hetero) is 1. The van der Waals surface area contributed by atoms with E-state index in [2.05, 4.69) is 22.5 Å². The average Bonchev–Trinajstić information content (AvgIpc) is 3.20. The van der Waals surface area contributed by atoms with Crippen LogP contribution in [0.5, 0.6) is 0 Å². The van der Waals surface area contributed by atoms with Crippen LogP contribution in [0.3, 0.4) is 0 Å². The monoisotopic (exact) mass is 284 g/mol. The molecule has 2 aromatic rings. The van der Waals surface area contributed by atoms with Crippen molar-refractivity contribution in [2.24, 2.45) is 5.92 Å². The minimum Gasteiger partial charge on any atom is -0.374 e. The summed E-state index contributed by atoms with van der Waals surface area (Å²) >= 11 is 0. The predicted octanol–water partition coefficient (Wildman–Crippen LogP) is 2.74. The topological polar surface area (TPSA) is 44.1 Å². The summed E-state index contributed by atoms with van der Waals surface area (Å²) in [6.45, 7) is 2.94. The summed E-state index contributed by atoms with van der Waals surface area (Å²) in [6, 6.07) is 8.09. The number of aryl methyl sites for hydroxylation is 1. The van der Waals surface area contributed by atoms with Crippen LogP contribution in [-0.4, -0.2) is 27.5 Å². The maximum Gasteiger partial charge on any atom is 0.146 e. The zero-order valence-electron chi connectivity index (χ0n) is 12.3. The molecule has 4 nitrogen and oxygen atoms in total. The molecule has 0 amide bonds. The van der Waals surface area contributed by atoms with E-state index in [9.17, 15) is 4.79 Å². The first-order valence-electron chi connectivity index (χ1n) is 7.88. The fourth-order valence-electron chi connectivity index (χ4n) is 3.88. The number of fused-ring (bicyclic) bond motifs is 3. The van der Waals surface area contributed by atoms with Crippen LogP contribution in [0, 0.1) is 5.92 Å². The zero-order valence-corrected chi connectivity index (χ0v) is 12.3. The van der Waals surface area contributed by atoms with Gasteiger partial charge >= 0.3 is 0 Å². The van der Waals surface area contributed by atoms with Gasteiger partial charge in [-0.05, 0) is 38.3 Å². The molecule has 4 heteroatoms. The van der Waals surface area contributed by atoms with Crippen LogP contribution < -0.4 is 0 Å². The Morgan fingerprint density at radius 1 is 1.38 bits per heavy atom. The van der Waals surface area contributed by atoms with Gasteiger partial charge in [0.1, 0.15) is 11.6 Å². The third-order valence-electron chi connectivity index (χ3n) is 4.90. The van der Waals surface area contributed by atoms with Crippen molar-refractivity contribution < 1.29 is 9.53 Å². The summed E-state index contributed by atoms with van der Waals surface area (Å²) in [5.74, 6) is 1.28. The van der Waals surface area contributed by atoms with Crippen LogP contribution >= 0.6 is 0 Å². The Morgan fingerprint density at radius 2 is 2.24 bits per heavy atom. The van der Waals surface area contributed by atoms with E-state index < -0.39 is 0 Å². The number of hydrogen-bond acceptors (Lipinski definition) is 3. The Labute approximate surface area is 124 Å². The van der Waals surface area contributed by atoms with E-state index in [1.165, 1.54) is 0 Å². The van der Waals surface area contributed by atoms with Crippen molar-refractivity contribution in [2.45, 2.75) is 51.4 Å². The van der Waals surface area contributed by atoms with E-state index in [4.69, 9.17) is 4.74 Å². The Balaban J connectivity index is 1.60. The average molecular weight is 284 g/mol. The molecule has 2 aliphatic rings. The van der Waals surface area contributed by atoms with Gasteiger partial charge in [0.2, 0.25) is 0 Å². The van der Waals surface area contributed by atoms with E-state index in [0.29, 0.717) is 18.3 Å². The maximum atomic E-state index is 12.6. The Bertz CT molecular complexity index is 691. The van der Waals surface area contributed by atoms with Crippen molar-refractivity contribution in [1.82, 2.24) is 9.55 Å². The molecule has 2 bridgehead atoms. The second-order valence-corrected chi connectivity index (χ2v) is 6.12. The first-order valence-corrected chi connectivity index (χ1v) is 7.88. The number of rotatable bonds is 4. The molecule has 3 unspecified atom stereocenters. The molecule has 0 N–H and O–H groups in total. The summed E-state index contributed by atoms with van der Waals surface area (Å²) in [5.41, 5.74) is 2.10. The first-order chi connectivity index (χ1) is 10.3. The van der Waals surface area contributed by atoms with Gasteiger partial charge in [-0.2, -0.15) is 0 Å². The number of carbonyl (C=O) groups excluding carboxylic acids is 1. The number of para-hydroxylation sites is 2. The van der Waals surface area contributed by atoms with E-state index in [0.717, 1.165) is 42.7 Å². The molecule has 2 fully saturated rings. The van der Waals surface area contributed by atoms with Crippen LogP contribution in [0.25, 0.3) is 11.0 Å². The van der Waals surface area contributed by atoms with E-state index in [1.807, 2.05) is 18.2 Å². The van der Waals surface area contributed by atoms with Gasteiger partial charge in [-0.1, -0.05) is 12.1 Å². The van der Waals surface area contributed by atoms with Crippen LogP contribution in [0.15, 0.2) is 24.3 Å². The lowest BCUT2D eigenvalue weighted by molar-refractivity contribution is -0.123. The third-order valence-corrected chi connectivity index (χ3v) is 4.90. The van der Waals surface area contributed by atoms with Gasteiger partial charge in [0.15, 0.2) is 0 Å². The van der Waals surface area contributed by atoms with Crippen molar-refractivity contribution in [3.8, 4) is 0 Å². The number of benzene rings is 1. The van der Waals surface area contributed by atoms with Crippen LogP contribution in [0.4, 0.5) is 0 Å². The van der Waals surface area contributed by atoms with Crippen LogP contribution in [0.2, 0.25) is 0 Å².